The topological polar surface area (TPSA) is 19.7 Å². The van der Waals surface area contributed by atoms with E-state index in [0.717, 1.165) is 67.1 Å². The van der Waals surface area contributed by atoms with Crippen LogP contribution in [-0.4, -0.2) is 18.3 Å². The Morgan fingerprint density at radius 2 is 0.435 bits per heavy atom. The lowest BCUT2D eigenvalue weighted by Gasteiger charge is -2.16. The van der Waals surface area contributed by atoms with Gasteiger partial charge in [-0.2, -0.15) is 0 Å². The van der Waals surface area contributed by atoms with Crippen molar-refractivity contribution in [2.45, 2.75) is 0 Å². The molecule has 0 aliphatic heterocycles. The summed E-state index contributed by atoms with van der Waals surface area (Å²) in [5, 5.41) is 14.6. The molecule has 0 aliphatic carbocycles. The summed E-state index contributed by atoms with van der Waals surface area (Å²) in [6.45, 7) is 0. The van der Waals surface area contributed by atoms with Crippen LogP contribution in [0.4, 0.5) is 0 Å². The van der Waals surface area contributed by atoms with Gasteiger partial charge in [-0.3, -0.25) is 0 Å². The molecular formula is C104H66N4. The van der Waals surface area contributed by atoms with Gasteiger partial charge in [0.2, 0.25) is 0 Å². The van der Waals surface area contributed by atoms with Crippen molar-refractivity contribution in [3.05, 3.63) is 400 Å². The highest BCUT2D eigenvalue weighted by molar-refractivity contribution is 6.17. The molecular weight excluding hydrogens is 1310 g/mol. The predicted octanol–water partition coefficient (Wildman–Crippen LogP) is 28.1. The molecule has 22 rings (SSSR count). The van der Waals surface area contributed by atoms with Crippen LogP contribution >= 0.6 is 0 Å². The standard InChI is InChI=1S/C104H66N4/c1-5-21-67(22-6-1)74-41-48-87-83(57-74)58-82(68-23-7-2-8-24-68)66-103(87)108-97-38-18-16-36-89(97)92-61-79(47-54-102(92)108)78-45-51-99-93(62-78)90-49-42-81(65-104(90)106(99)85-32-11-4-12-33-85)72-28-19-27-71(56-72)76-43-52-100-94(63-76)95-64-80(77-44-50-98-91(60-77)88-35-15-17-37-96(88)105(98)84-30-9-3-10-31-84)46-53-101(95)107(100)86-34-20-29-73(59-86)75-40-39-69-25-13-14-26-70(69)55-75/h1-66H. The molecule has 0 aliphatic rings. The zero-order valence-corrected chi connectivity index (χ0v) is 58.9. The van der Waals surface area contributed by atoms with Crippen LogP contribution in [0.25, 0.3) is 209 Å². The Kier molecular flexibility index (Phi) is 14.0. The van der Waals surface area contributed by atoms with Gasteiger partial charge in [0.05, 0.1) is 49.8 Å². The summed E-state index contributed by atoms with van der Waals surface area (Å²) in [6, 6.07) is 149. The number of aromatic nitrogens is 4. The number of hydrogen-bond donors (Lipinski definition) is 0. The first kappa shape index (κ1) is 61.2. The van der Waals surface area contributed by atoms with Crippen LogP contribution in [-0.2, 0) is 0 Å². The summed E-state index contributed by atoms with van der Waals surface area (Å²) in [6.07, 6.45) is 0. The summed E-state index contributed by atoms with van der Waals surface area (Å²) in [5.41, 5.74) is 30.4. The van der Waals surface area contributed by atoms with E-state index in [2.05, 4.69) is 419 Å². The highest BCUT2D eigenvalue weighted by atomic mass is 15.0. The smallest absolute Gasteiger partial charge is 0.0547 e. The Labute approximate surface area is 624 Å². The number of para-hydroxylation sites is 4. The summed E-state index contributed by atoms with van der Waals surface area (Å²) in [4.78, 5) is 0. The molecule has 0 spiro atoms. The molecule has 0 saturated heterocycles. The zero-order valence-electron chi connectivity index (χ0n) is 58.9. The molecule has 502 valence electrons. The third-order valence-electron chi connectivity index (χ3n) is 22.7. The first-order chi connectivity index (χ1) is 53.5. The molecule has 108 heavy (non-hydrogen) atoms. The van der Waals surface area contributed by atoms with Crippen molar-refractivity contribution in [2.24, 2.45) is 0 Å². The Balaban J connectivity index is 0.654. The van der Waals surface area contributed by atoms with Crippen LogP contribution in [0.2, 0.25) is 0 Å². The molecule has 4 heterocycles. The predicted molar refractivity (Wildman–Crippen MR) is 457 cm³/mol. The molecule has 22 aromatic rings. The fraction of sp³-hybridized carbons (Fsp3) is 0. The molecule has 4 aromatic heterocycles. The summed E-state index contributed by atoms with van der Waals surface area (Å²) >= 11 is 0. The van der Waals surface area contributed by atoms with E-state index in [-0.39, 0.29) is 0 Å². The van der Waals surface area contributed by atoms with Gasteiger partial charge in [0.15, 0.2) is 0 Å². The summed E-state index contributed by atoms with van der Waals surface area (Å²) < 4.78 is 9.80. The van der Waals surface area contributed by atoms with Crippen LogP contribution in [0.15, 0.2) is 400 Å². The van der Waals surface area contributed by atoms with Crippen molar-refractivity contribution in [2.75, 3.05) is 0 Å². The van der Waals surface area contributed by atoms with Crippen LogP contribution in [0, 0.1) is 0 Å². The number of rotatable bonds is 11. The lowest BCUT2D eigenvalue weighted by molar-refractivity contribution is 1.18. The minimum Gasteiger partial charge on any atom is -0.309 e. The number of benzene rings is 18. The molecule has 0 saturated carbocycles. The minimum atomic E-state index is 1.12. The van der Waals surface area contributed by atoms with Gasteiger partial charge in [-0.05, 0) is 240 Å². The minimum absolute atomic E-state index is 1.12. The van der Waals surface area contributed by atoms with E-state index in [9.17, 15) is 0 Å². The van der Waals surface area contributed by atoms with Gasteiger partial charge < -0.3 is 18.3 Å². The van der Waals surface area contributed by atoms with Crippen molar-refractivity contribution < 1.29 is 0 Å². The fourth-order valence-electron chi connectivity index (χ4n) is 17.5. The summed E-state index contributed by atoms with van der Waals surface area (Å²) in [7, 11) is 0. The number of fused-ring (bicyclic) bond motifs is 14. The second kappa shape index (κ2) is 24.7. The third kappa shape index (κ3) is 9.99. The summed E-state index contributed by atoms with van der Waals surface area (Å²) in [5.74, 6) is 0. The van der Waals surface area contributed by atoms with Gasteiger partial charge in [0.25, 0.3) is 0 Å². The van der Waals surface area contributed by atoms with Gasteiger partial charge in [-0.1, -0.05) is 255 Å². The highest BCUT2D eigenvalue weighted by Gasteiger charge is 2.23. The van der Waals surface area contributed by atoms with Crippen molar-refractivity contribution in [3.63, 3.8) is 0 Å². The van der Waals surface area contributed by atoms with Crippen molar-refractivity contribution in [1.29, 1.82) is 0 Å². The second-order valence-electron chi connectivity index (χ2n) is 28.8. The van der Waals surface area contributed by atoms with E-state index < -0.39 is 0 Å². The van der Waals surface area contributed by atoms with Gasteiger partial charge in [0.1, 0.15) is 0 Å². The third-order valence-corrected chi connectivity index (χ3v) is 22.7. The van der Waals surface area contributed by atoms with Crippen LogP contribution in [0.5, 0.6) is 0 Å². The van der Waals surface area contributed by atoms with Gasteiger partial charge in [0, 0.05) is 65.5 Å². The van der Waals surface area contributed by atoms with Crippen LogP contribution in [0.1, 0.15) is 0 Å². The SMILES string of the molecule is c1ccc(-c2ccc3c(-n4c5ccccc5c5cc(-c6ccc7c(c6)c6ccc(-c8cccc(-c9ccc%10c(c9)c9cc(-c%11ccc%12c(c%11)c%11ccccc%11n%12-c%11ccccc%11)ccc9n%10-c9cccc(-c%10ccc%11ccccc%11c%10)c9)c8)cc6n7-c6ccccc6)ccc54)cc(-c4ccccc4)cc3c2)cc1. The monoisotopic (exact) mass is 1370 g/mol. The fourth-order valence-corrected chi connectivity index (χ4v) is 17.5. The van der Waals surface area contributed by atoms with Crippen molar-refractivity contribution >= 4 is 109 Å². The zero-order chi connectivity index (χ0) is 70.9. The molecule has 4 heteroatoms. The van der Waals surface area contributed by atoms with Gasteiger partial charge >= 0.3 is 0 Å². The maximum absolute atomic E-state index is 2.49. The lowest BCUT2D eigenvalue weighted by atomic mass is 9.96. The average Bonchev–Trinajstić information content (AvgIpc) is 1.57. The van der Waals surface area contributed by atoms with E-state index >= 15 is 0 Å². The highest BCUT2D eigenvalue weighted by Crippen LogP contribution is 2.45. The Bertz CT molecular complexity index is 7390. The van der Waals surface area contributed by atoms with E-state index in [1.54, 1.807) is 0 Å². The molecule has 18 aromatic carbocycles. The molecule has 0 unspecified atom stereocenters. The van der Waals surface area contributed by atoms with Crippen LogP contribution < -0.4 is 0 Å². The first-order valence-electron chi connectivity index (χ1n) is 37.3. The molecule has 0 amide bonds. The molecule has 0 atom stereocenters. The number of nitrogens with zero attached hydrogens (tertiary/aromatic N) is 4. The molecule has 0 bridgehead atoms. The van der Waals surface area contributed by atoms with E-state index in [0.29, 0.717) is 0 Å². The quantitative estimate of drug-likeness (QED) is 0.123. The average molecular weight is 1370 g/mol. The maximum atomic E-state index is 2.49. The van der Waals surface area contributed by atoms with E-state index in [1.807, 2.05) is 0 Å². The largest absolute Gasteiger partial charge is 0.309 e. The van der Waals surface area contributed by atoms with Crippen LogP contribution in [0.3, 0.4) is 0 Å². The molecule has 0 N–H and O–H groups in total. The molecule has 4 nitrogen and oxygen atoms in total. The normalized spacial score (nSPS) is 11.9. The Morgan fingerprint density at radius 1 is 0.120 bits per heavy atom. The number of hydrogen-bond acceptors (Lipinski definition) is 0. The Morgan fingerprint density at radius 3 is 0.991 bits per heavy atom. The lowest BCUT2D eigenvalue weighted by Crippen LogP contribution is -1.97. The Hall–Kier alpha value is -14.3. The van der Waals surface area contributed by atoms with E-state index in [1.165, 1.54) is 142 Å². The molecule has 0 radical (unpaired) electrons. The van der Waals surface area contributed by atoms with Crippen molar-refractivity contribution in [3.8, 4) is 101 Å². The van der Waals surface area contributed by atoms with Gasteiger partial charge in [-0.15, -0.1) is 0 Å². The first-order valence-corrected chi connectivity index (χ1v) is 37.3. The van der Waals surface area contributed by atoms with Crippen molar-refractivity contribution in [1.82, 2.24) is 18.3 Å². The van der Waals surface area contributed by atoms with Gasteiger partial charge in [-0.25, -0.2) is 0 Å². The molecule has 0 fully saturated rings. The second-order valence-corrected chi connectivity index (χ2v) is 28.8. The van der Waals surface area contributed by atoms with E-state index in [4.69, 9.17) is 0 Å². The maximum Gasteiger partial charge on any atom is 0.0547 e.